The molecule has 0 fully saturated rings. The van der Waals surface area contributed by atoms with E-state index in [0.717, 1.165) is 51.7 Å². The first-order chi connectivity index (χ1) is 21.9. The van der Waals surface area contributed by atoms with Crippen molar-refractivity contribution in [2.75, 3.05) is 39.6 Å². The largest absolute Gasteiger partial charge is 0.488 e. The number of esters is 2. The summed E-state index contributed by atoms with van der Waals surface area (Å²) in [5.74, 6) is 0.702. The van der Waals surface area contributed by atoms with Crippen LogP contribution in [0.2, 0.25) is 0 Å². The molecule has 3 aromatic rings. The molecule has 0 amide bonds. The fourth-order valence-electron chi connectivity index (χ4n) is 4.67. The molecule has 0 radical (unpaired) electrons. The van der Waals surface area contributed by atoms with Gasteiger partial charge in [0.25, 0.3) is 0 Å². The van der Waals surface area contributed by atoms with Crippen LogP contribution >= 0.6 is 15.9 Å². The summed E-state index contributed by atoms with van der Waals surface area (Å²) in [5.41, 5.74) is 0. The highest BCUT2D eigenvalue weighted by Gasteiger charge is 2.22. The quantitative estimate of drug-likeness (QED) is 0.0454. The molecule has 9 heteroatoms. The van der Waals surface area contributed by atoms with Crippen LogP contribution in [0, 0.1) is 0 Å². The molecule has 0 saturated carbocycles. The fourth-order valence-corrected chi connectivity index (χ4v) is 5.03. The minimum Gasteiger partial charge on any atom is -0.488 e. The first-order valence-corrected chi connectivity index (χ1v) is 16.4. The van der Waals surface area contributed by atoms with Crippen molar-refractivity contribution in [2.45, 2.75) is 64.6 Å². The molecule has 0 heterocycles. The van der Waals surface area contributed by atoms with Gasteiger partial charge in [0.15, 0.2) is 12.2 Å². The van der Waals surface area contributed by atoms with E-state index in [9.17, 15) is 9.59 Å². The van der Waals surface area contributed by atoms with Crippen LogP contribution in [-0.4, -0.2) is 63.8 Å². The lowest BCUT2D eigenvalue weighted by Gasteiger charge is -2.23. The Morgan fingerprint density at radius 3 is 1.64 bits per heavy atom. The molecular formula is C36H45BrO8. The van der Waals surface area contributed by atoms with Crippen LogP contribution in [0.5, 0.6) is 11.5 Å². The van der Waals surface area contributed by atoms with E-state index in [0.29, 0.717) is 37.6 Å². The van der Waals surface area contributed by atoms with Gasteiger partial charge in [-0.3, -0.25) is 9.59 Å². The smallest absolute Gasteiger partial charge is 0.306 e. The Morgan fingerprint density at radius 2 is 1.18 bits per heavy atom. The van der Waals surface area contributed by atoms with Crippen LogP contribution in [0.4, 0.5) is 0 Å². The summed E-state index contributed by atoms with van der Waals surface area (Å²) >= 11 is 3.60. The van der Waals surface area contributed by atoms with E-state index in [4.69, 9.17) is 28.4 Å². The number of halogens is 1. The highest BCUT2D eigenvalue weighted by Crippen LogP contribution is 2.43. The van der Waals surface area contributed by atoms with Crippen molar-refractivity contribution in [1.82, 2.24) is 0 Å². The van der Waals surface area contributed by atoms with Gasteiger partial charge in [0, 0.05) is 38.9 Å². The lowest BCUT2D eigenvalue weighted by Crippen LogP contribution is -2.30. The van der Waals surface area contributed by atoms with Crippen LogP contribution in [0.3, 0.4) is 0 Å². The van der Waals surface area contributed by atoms with Crippen LogP contribution in [0.1, 0.15) is 52.4 Å². The summed E-state index contributed by atoms with van der Waals surface area (Å²) in [7, 11) is 0. The van der Waals surface area contributed by atoms with E-state index in [-0.39, 0.29) is 38.4 Å². The number of ether oxygens (including phenoxy) is 6. The molecular weight excluding hydrogens is 640 g/mol. The number of benzene rings is 3. The molecule has 0 spiro atoms. The van der Waals surface area contributed by atoms with Crippen molar-refractivity contribution in [1.29, 1.82) is 0 Å². The Bertz CT molecular complexity index is 1400. The monoisotopic (exact) mass is 684 g/mol. The van der Waals surface area contributed by atoms with Crippen LogP contribution < -0.4 is 9.47 Å². The number of hydrogen-bond donors (Lipinski definition) is 0. The molecule has 2 unspecified atom stereocenters. The summed E-state index contributed by atoms with van der Waals surface area (Å²) in [6, 6.07) is 13.6. The zero-order valence-corrected chi connectivity index (χ0v) is 28.0. The van der Waals surface area contributed by atoms with Gasteiger partial charge in [0.1, 0.15) is 24.7 Å². The molecule has 0 aliphatic heterocycles. The van der Waals surface area contributed by atoms with Gasteiger partial charge in [0.05, 0.1) is 26.4 Å². The second kappa shape index (κ2) is 19.9. The molecule has 0 bridgehead atoms. The highest BCUT2D eigenvalue weighted by atomic mass is 79.9. The summed E-state index contributed by atoms with van der Waals surface area (Å²) in [5, 5.41) is 3.26. The standard InChI is InChI=1S/C36H45BrO8/c1-5-9-15-33(38)44-27(22-40-19-7-3)24-42-35-29-13-11-12-14-30(29)36(32-21-26(37)17-18-31(32)35)43-25-28(23-41-20-8-4)45-34(39)16-10-6-2/h7-8,11-14,17-18,21,27-28H,3-6,9-10,15-16,19-20,22-25H2,1-2H3. The Morgan fingerprint density at radius 1 is 0.711 bits per heavy atom. The third kappa shape index (κ3) is 11.5. The van der Waals surface area contributed by atoms with E-state index in [1.165, 1.54) is 0 Å². The molecule has 0 saturated heterocycles. The molecule has 244 valence electrons. The minimum absolute atomic E-state index is 0.0945. The maximum atomic E-state index is 12.5. The number of fused-ring (bicyclic) bond motifs is 2. The number of hydrogen-bond acceptors (Lipinski definition) is 8. The van der Waals surface area contributed by atoms with Gasteiger partial charge in [-0.2, -0.15) is 0 Å². The Hall–Kier alpha value is -3.40. The summed E-state index contributed by atoms with van der Waals surface area (Å²) in [4.78, 5) is 24.9. The second-order valence-corrected chi connectivity index (χ2v) is 11.5. The number of unbranched alkanes of at least 4 members (excludes halogenated alkanes) is 2. The molecule has 0 N–H and O–H groups in total. The Labute approximate surface area is 274 Å². The fraction of sp³-hybridized carbons (Fsp3) is 0.444. The van der Waals surface area contributed by atoms with Gasteiger partial charge < -0.3 is 28.4 Å². The van der Waals surface area contributed by atoms with Gasteiger partial charge in [-0.25, -0.2) is 0 Å². The van der Waals surface area contributed by atoms with Gasteiger partial charge >= 0.3 is 11.9 Å². The topological polar surface area (TPSA) is 89.5 Å². The lowest BCUT2D eigenvalue weighted by atomic mass is 10.0. The molecule has 8 nitrogen and oxygen atoms in total. The van der Waals surface area contributed by atoms with Crippen LogP contribution in [-0.2, 0) is 28.5 Å². The minimum atomic E-state index is -0.607. The molecule has 0 aliphatic rings. The van der Waals surface area contributed by atoms with Crippen molar-refractivity contribution in [3.63, 3.8) is 0 Å². The van der Waals surface area contributed by atoms with Crippen LogP contribution in [0.25, 0.3) is 21.5 Å². The lowest BCUT2D eigenvalue weighted by molar-refractivity contribution is -0.154. The SMILES string of the molecule is C=CCOCC(COc1c2ccccc2c(OCC(COCC=C)OC(=O)CCCC)c2cc(Br)ccc12)OC(=O)CCCC. The van der Waals surface area contributed by atoms with E-state index in [1.54, 1.807) is 12.2 Å². The Balaban J connectivity index is 1.94. The molecule has 2 atom stereocenters. The highest BCUT2D eigenvalue weighted by molar-refractivity contribution is 9.10. The Kier molecular flexibility index (Phi) is 15.9. The van der Waals surface area contributed by atoms with E-state index < -0.39 is 12.2 Å². The predicted octanol–water partition coefficient (Wildman–Crippen LogP) is 8.12. The van der Waals surface area contributed by atoms with Gasteiger partial charge in [-0.05, 0) is 31.0 Å². The number of carbonyl (C=O) groups is 2. The van der Waals surface area contributed by atoms with Crippen molar-refractivity contribution in [3.8, 4) is 11.5 Å². The molecule has 3 aromatic carbocycles. The van der Waals surface area contributed by atoms with E-state index in [2.05, 4.69) is 29.1 Å². The van der Waals surface area contributed by atoms with Crippen molar-refractivity contribution >= 4 is 49.4 Å². The summed E-state index contributed by atoms with van der Waals surface area (Å²) < 4.78 is 36.5. The zero-order valence-electron chi connectivity index (χ0n) is 26.4. The molecule has 3 rings (SSSR count). The van der Waals surface area contributed by atoms with Crippen molar-refractivity contribution in [3.05, 3.63) is 72.2 Å². The first kappa shape index (κ1) is 36.1. The summed E-state index contributed by atoms with van der Waals surface area (Å²) in [6.45, 7) is 12.7. The average Bonchev–Trinajstić information content (AvgIpc) is 3.04. The first-order valence-electron chi connectivity index (χ1n) is 15.6. The molecule has 45 heavy (non-hydrogen) atoms. The maximum absolute atomic E-state index is 12.5. The molecule has 0 aromatic heterocycles. The van der Waals surface area contributed by atoms with Gasteiger partial charge in [0.2, 0.25) is 0 Å². The number of carbonyl (C=O) groups excluding carboxylic acids is 2. The zero-order chi connectivity index (χ0) is 32.4. The second-order valence-electron chi connectivity index (χ2n) is 10.6. The van der Waals surface area contributed by atoms with Crippen LogP contribution in [0.15, 0.2) is 72.2 Å². The van der Waals surface area contributed by atoms with Crippen molar-refractivity contribution in [2.24, 2.45) is 0 Å². The van der Waals surface area contributed by atoms with E-state index >= 15 is 0 Å². The normalized spacial score (nSPS) is 12.4. The molecule has 0 aliphatic carbocycles. The number of rotatable bonds is 22. The predicted molar refractivity (Wildman–Crippen MR) is 181 cm³/mol. The average molecular weight is 686 g/mol. The van der Waals surface area contributed by atoms with E-state index in [1.807, 2.05) is 56.3 Å². The van der Waals surface area contributed by atoms with Gasteiger partial charge in [-0.15, -0.1) is 13.2 Å². The maximum Gasteiger partial charge on any atom is 0.306 e. The van der Waals surface area contributed by atoms with Gasteiger partial charge in [-0.1, -0.05) is 79.0 Å². The van der Waals surface area contributed by atoms with Crippen molar-refractivity contribution < 1.29 is 38.0 Å². The third-order valence-corrected chi connectivity index (χ3v) is 7.35. The third-order valence-electron chi connectivity index (χ3n) is 6.86. The summed E-state index contributed by atoms with van der Waals surface area (Å²) in [6.07, 6.45) is 6.07.